The van der Waals surface area contributed by atoms with Gasteiger partial charge >= 0.3 is 0 Å². The third kappa shape index (κ3) is 5.69. The van der Waals surface area contributed by atoms with Gasteiger partial charge in [0, 0.05) is 11.9 Å². The molecule has 0 unspecified atom stereocenters. The Morgan fingerprint density at radius 2 is 1.26 bits per heavy atom. The van der Waals surface area contributed by atoms with Crippen molar-refractivity contribution in [3.05, 3.63) is 64.0 Å². The van der Waals surface area contributed by atoms with Crippen molar-refractivity contribution >= 4 is 0 Å². The Hall–Kier alpha value is -1.63. The molecule has 1 nitrogen and oxygen atoms in total. The van der Waals surface area contributed by atoms with Crippen molar-refractivity contribution in [2.24, 2.45) is 0 Å². The first-order valence-electron chi connectivity index (χ1n) is 6.34. The molecule has 0 aliphatic rings. The van der Waals surface area contributed by atoms with Crippen molar-refractivity contribution in [3.8, 4) is 0 Å². The standard InChI is InChI=1S/C9H12.C8H11N.CH4/c1-7-4-5-8(2)9(3)6-7;1-6-4-7(2)8(3)9-5-6;/h4-6H,1-3H3;4-5H,1-3H3;1H4. The molecule has 0 amide bonds. The molecule has 1 heterocycles. The number of benzene rings is 1. The minimum absolute atomic E-state index is 0. The van der Waals surface area contributed by atoms with Gasteiger partial charge in [0.15, 0.2) is 0 Å². The molecule has 0 saturated heterocycles. The third-order valence-electron chi connectivity index (χ3n) is 3.14. The van der Waals surface area contributed by atoms with Crippen molar-refractivity contribution in [1.29, 1.82) is 0 Å². The van der Waals surface area contributed by atoms with E-state index in [9.17, 15) is 0 Å². The highest BCUT2D eigenvalue weighted by Crippen LogP contribution is 2.07. The first-order chi connectivity index (χ1) is 8.40. The van der Waals surface area contributed by atoms with E-state index < -0.39 is 0 Å². The van der Waals surface area contributed by atoms with Crippen LogP contribution in [0.4, 0.5) is 0 Å². The van der Waals surface area contributed by atoms with Crippen LogP contribution in [0, 0.1) is 41.5 Å². The zero-order valence-electron chi connectivity index (χ0n) is 12.3. The lowest BCUT2D eigenvalue weighted by molar-refractivity contribution is 1.12. The number of aryl methyl sites for hydroxylation is 6. The van der Waals surface area contributed by atoms with Crippen LogP contribution in [0.3, 0.4) is 0 Å². The van der Waals surface area contributed by atoms with E-state index in [-0.39, 0.29) is 7.43 Å². The Kier molecular flexibility index (Phi) is 7.06. The molecule has 0 fully saturated rings. The SMILES string of the molecule is C.Cc1ccc(C)c(C)c1.Cc1cnc(C)c(C)c1. The van der Waals surface area contributed by atoms with Crippen molar-refractivity contribution in [3.63, 3.8) is 0 Å². The summed E-state index contributed by atoms with van der Waals surface area (Å²) in [6.45, 7) is 12.5. The molecule has 1 heteroatoms. The fraction of sp³-hybridized carbons (Fsp3) is 0.389. The zero-order chi connectivity index (χ0) is 13.7. The fourth-order valence-corrected chi connectivity index (χ4v) is 1.68. The van der Waals surface area contributed by atoms with Crippen LogP contribution in [-0.4, -0.2) is 4.98 Å². The molecule has 19 heavy (non-hydrogen) atoms. The van der Waals surface area contributed by atoms with E-state index in [0.29, 0.717) is 0 Å². The molecule has 2 rings (SSSR count). The van der Waals surface area contributed by atoms with Crippen LogP contribution in [0.1, 0.15) is 40.9 Å². The molecule has 0 spiro atoms. The van der Waals surface area contributed by atoms with Gasteiger partial charge < -0.3 is 0 Å². The van der Waals surface area contributed by atoms with Crippen LogP contribution in [-0.2, 0) is 0 Å². The second-order valence-electron chi connectivity index (χ2n) is 5.00. The topological polar surface area (TPSA) is 12.9 Å². The molecule has 0 saturated carbocycles. The summed E-state index contributed by atoms with van der Waals surface area (Å²) in [6, 6.07) is 8.64. The number of aromatic nitrogens is 1. The number of pyridine rings is 1. The second kappa shape index (κ2) is 7.73. The summed E-state index contributed by atoms with van der Waals surface area (Å²) in [4.78, 5) is 4.18. The molecule has 0 aliphatic heterocycles. The average molecular weight is 257 g/mol. The maximum Gasteiger partial charge on any atom is 0.0401 e. The van der Waals surface area contributed by atoms with Crippen molar-refractivity contribution in [1.82, 2.24) is 4.98 Å². The van der Waals surface area contributed by atoms with Gasteiger partial charge in [-0.2, -0.15) is 0 Å². The van der Waals surface area contributed by atoms with Gasteiger partial charge in [-0.05, 0) is 63.8 Å². The van der Waals surface area contributed by atoms with Gasteiger partial charge in [-0.25, -0.2) is 0 Å². The van der Waals surface area contributed by atoms with E-state index in [0.717, 1.165) is 5.69 Å². The van der Waals surface area contributed by atoms with E-state index in [1.54, 1.807) is 0 Å². The van der Waals surface area contributed by atoms with Crippen molar-refractivity contribution < 1.29 is 0 Å². The first kappa shape index (κ1) is 17.4. The number of nitrogens with zero attached hydrogens (tertiary/aromatic N) is 1. The monoisotopic (exact) mass is 257 g/mol. The lowest BCUT2D eigenvalue weighted by atomic mass is 10.1. The highest BCUT2D eigenvalue weighted by Gasteiger charge is 1.90. The van der Waals surface area contributed by atoms with Crippen LogP contribution in [0.15, 0.2) is 30.5 Å². The minimum Gasteiger partial charge on any atom is -0.261 e. The molecule has 0 aliphatic carbocycles. The quantitative estimate of drug-likeness (QED) is 0.627. The molecular formula is C18H27N. The number of hydrogen-bond donors (Lipinski definition) is 0. The summed E-state index contributed by atoms with van der Waals surface area (Å²) in [5, 5.41) is 0. The summed E-state index contributed by atoms with van der Waals surface area (Å²) in [7, 11) is 0. The predicted octanol–water partition coefficient (Wildman–Crippen LogP) is 5.25. The summed E-state index contributed by atoms with van der Waals surface area (Å²) >= 11 is 0. The molecule has 0 N–H and O–H groups in total. The Bertz CT molecular complexity index is 478. The summed E-state index contributed by atoms with van der Waals surface area (Å²) in [6.07, 6.45) is 1.89. The van der Waals surface area contributed by atoms with E-state index in [1.807, 2.05) is 13.1 Å². The van der Waals surface area contributed by atoms with Crippen LogP contribution < -0.4 is 0 Å². The van der Waals surface area contributed by atoms with Gasteiger partial charge in [0.05, 0.1) is 0 Å². The molecule has 0 radical (unpaired) electrons. The van der Waals surface area contributed by atoms with Gasteiger partial charge in [0.25, 0.3) is 0 Å². The third-order valence-corrected chi connectivity index (χ3v) is 3.14. The Balaban J connectivity index is 0.000000324. The Labute approximate surface area is 118 Å². The molecule has 104 valence electrons. The van der Waals surface area contributed by atoms with Crippen molar-refractivity contribution in [2.45, 2.75) is 49.0 Å². The van der Waals surface area contributed by atoms with Crippen LogP contribution in [0.2, 0.25) is 0 Å². The summed E-state index contributed by atoms with van der Waals surface area (Å²) in [5.74, 6) is 0. The molecule has 0 bridgehead atoms. The predicted molar refractivity (Wildman–Crippen MR) is 85.8 cm³/mol. The highest BCUT2D eigenvalue weighted by atomic mass is 14.7. The van der Waals surface area contributed by atoms with Crippen LogP contribution >= 0.6 is 0 Å². The normalized spacial score (nSPS) is 9.16. The minimum atomic E-state index is 0. The van der Waals surface area contributed by atoms with Gasteiger partial charge in [-0.1, -0.05) is 37.3 Å². The average Bonchev–Trinajstić information content (AvgIpc) is 2.30. The fourth-order valence-electron chi connectivity index (χ4n) is 1.68. The summed E-state index contributed by atoms with van der Waals surface area (Å²) in [5.41, 5.74) is 7.74. The van der Waals surface area contributed by atoms with Crippen molar-refractivity contribution in [2.75, 3.05) is 0 Å². The van der Waals surface area contributed by atoms with Gasteiger partial charge in [0.2, 0.25) is 0 Å². The van der Waals surface area contributed by atoms with E-state index >= 15 is 0 Å². The maximum absolute atomic E-state index is 4.18. The molecular weight excluding hydrogens is 230 g/mol. The Morgan fingerprint density at radius 3 is 1.68 bits per heavy atom. The lowest BCUT2D eigenvalue weighted by Crippen LogP contribution is -1.85. The van der Waals surface area contributed by atoms with E-state index in [4.69, 9.17) is 0 Å². The smallest absolute Gasteiger partial charge is 0.0401 e. The van der Waals surface area contributed by atoms with Gasteiger partial charge in [-0.15, -0.1) is 0 Å². The molecule has 2 aromatic rings. The van der Waals surface area contributed by atoms with Crippen LogP contribution in [0.5, 0.6) is 0 Å². The molecule has 1 aromatic carbocycles. The van der Waals surface area contributed by atoms with Gasteiger partial charge in [-0.3, -0.25) is 4.98 Å². The number of hydrogen-bond acceptors (Lipinski definition) is 1. The molecule has 1 aromatic heterocycles. The number of rotatable bonds is 0. The van der Waals surface area contributed by atoms with E-state index in [1.165, 1.54) is 27.8 Å². The zero-order valence-corrected chi connectivity index (χ0v) is 12.3. The van der Waals surface area contributed by atoms with E-state index in [2.05, 4.69) is 63.9 Å². The summed E-state index contributed by atoms with van der Waals surface area (Å²) < 4.78 is 0. The largest absolute Gasteiger partial charge is 0.261 e. The maximum atomic E-state index is 4.18. The highest BCUT2D eigenvalue weighted by molar-refractivity contribution is 5.28. The van der Waals surface area contributed by atoms with Gasteiger partial charge in [0.1, 0.15) is 0 Å². The Morgan fingerprint density at radius 1 is 0.684 bits per heavy atom. The second-order valence-corrected chi connectivity index (χ2v) is 5.00. The first-order valence-corrected chi connectivity index (χ1v) is 6.34. The molecule has 0 atom stereocenters. The van der Waals surface area contributed by atoms with Crippen LogP contribution in [0.25, 0.3) is 0 Å². The lowest BCUT2D eigenvalue weighted by Gasteiger charge is -1.98.